The molecule has 0 saturated heterocycles. The quantitative estimate of drug-likeness (QED) is 0.693. The van der Waals surface area contributed by atoms with Crippen molar-refractivity contribution in [2.24, 2.45) is 0 Å². The Labute approximate surface area is 137 Å². The number of benzene rings is 1. The van der Waals surface area contributed by atoms with Crippen LogP contribution in [-0.4, -0.2) is 32.6 Å². The van der Waals surface area contributed by atoms with Crippen molar-refractivity contribution in [1.82, 2.24) is 24.9 Å². The maximum absolute atomic E-state index is 12.0. The van der Waals surface area contributed by atoms with Crippen LogP contribution < -0.4 is 15.6 Å². The topological polar surface area (TPSA) is 101 Å². The standard InChI is InChI=1S/C16H17N5O3/c1-24-12-4-2-3-11(9-12)5-6-14(22)18-10-13-19-20-15-16(23)17-7-8-21(13)15/h2-4,7-9H,5-6,10H2,1H3,(H,17,23)(H,18,22). The number of nitrogens with zero attached hydrogens (tertiary/aromatic N) is 3. The monoisotopic (exact) mass is 327 g/mol. The van der Waals surface area contributed by atoms with E-state index in [0.29, 0.717) is 18.7 Å². The second kappa shape index (κ2) is 6.95. The summed E-state index contributed by atoms with van der Waals surface area (Å²) in [5.41, 5.74) is 0.919. The number of ether oxygens (including phenoxy) is 1. The first-order chi connectivity index (χ1) is 11.7. The van der Waals surface area contributed by atoms with Crippen LogP contribution in [0, 0.1) is 0 Å². The Hall–Kier alpha value is -3.16. The Bertz CT molecular complexity index is 915. The maximum atomic E-state index is 12.0. The van der Waals surface area contributed by atoms with Gasteiger partial charge in [-0.1, -0.05) is 12.1 Å². The molecule has 0 unspecified atom stereocenters. The number of hydrogen-bond acceptors (Lipinski definition) is 5. The number of hydrogen-bond donors (Lipinski definition) is 2. The Morgan fingerprint density at radius 1 is 1.38 bits per heavy atom. The Morgan fingerprint density at radius 2 is 2.25 bits per heavy atom. The molecule has 8 heteroatoms. The zero-order valence-electron chi connectivity index (χ0n) is 13.2. The molecule has 0 aliphatic rings. The minimum atomic E-state index is -0.319. The van der Waals surface area contributed by atoms with E-state index in [9.17, 15) is 9.59 Å². The summed E-state index contributed by atoms with van der Waals surface area (Å²) in [4.78, 5) is 26.1. The normalized spacial score (nSPS) is 10.7. The van der Waals surface area contributed by atoms with Gasteiger partial charge in [0.1, 0.15) is 5.75 Å². The van der Waals surface area contributed by atoms with Gasteiger partial charge in [0.25, 0.3) is 5.56 Å². The fourth-order valence-electron chi connectivity index (χ4n) is 2.36. The van der Waals surface area contributed by atoms with E-state index in [4.69, 9.17) is 4.74 Å². The van der Waals surface area contributed by atoms with Gasteiger partial charge in [-0.25, -0.2) is 0 Å². The SMILES string of the molecule is COc1cccc(CCC(=O)NCc2nnc3c(=O)[nH]ccn23)c1. The number of aromatic nitrogens is 4. The van der Waals surface area contributed by atoms with E-state index in [0.717, 1.165) is 11.3 Å². The average molecular weight is 327 g/mol. The van der Waals surface area contributed by atoms with Crippen LogP contribution in [0.3, 0.4) is 0 Å². The third-order valence-corrected chi connectivity index (χ3v) is 3.63. The molecule has 24 heavy (non-hydrogen) atoms. The zero-order chi connectivity index (χ0) is 16.9. The van der Waals surface area contributed by atoms with Crippen LogP contribution in [0.4, 0.5) is 0 Å². The van der Waals surface area contributed by atoms with E-state index in [1.54, 1.807) is 17.7 Å². The number of fused-ring (bicyclic) bond motifs is 1. The fourth-order valence-corrected chi connectivity index (χ4v) is 2.36. The zero-order valence-corrected chi connectivity index (χ0v) is 13.2. The van der Waals surface area contributed by atoms with E-state index in [2.05, 4.69) is 20.5 Å². The molecule has 3 rings (SSSR count). The number of aromatic amines is 1. The highest BCUT2D eigenvalue weighted by Gasteiger charge is 2.09. The first-order valence-corrected chi connectivity index (χ1v) is 7.48. The molecular weight excluding hydrogens is 310 g/mol. The van der Waals surface area contributed by atoms with E-state index < -0.39 is 0 Å². The van der Waals surface area contributed by atoms with Crippen molar-refractivity contribution < 1.29 is 9.53 Å². The van der Waals surface area contributed by atoms with Crippen molar-refractivity contribution in [1.29, 1.82) is 0 Å². The number of H-pyrrole nitrogens is 1. The first-order valence-electron chi connectivity index (χ1n) is 7.48. The minimum Gasteiger partial charge on any atom is -0.497 e. The number of carbonyl (C=O) groups is 1. The summed E-state index contributed by atoms with van der Waals surface area (Å²) in [6, 6.07) is 7.62. The maximum Gasteiger partial charge on any atom is 0.293 e. The number of rotatable bonds is 6. The minimum absolute atomic E-state index is 0.0978. The summed E-state index contributed by atoms with van der Waals surface area (Å²) in [7, 11) is 1.61. The number of nitrogens with one attached hydrogen (secondary N) is 2. The lowest BCUT2D eigenvalue weighted by atomic mass is 10.1. The third kappa shape index (κ3) is 3.43. The molecule has 2 heterocycles. The molecule has 3 aromatic rings. The van der Waals surface area contributed by atoms with Crippen LogP contribution in [0.15, 0.2) is 41.5 Å². The highest BCUT2D eigenvalue weighted by molar-refractivity contribution is 5.76. The van der Waals surface area contributed by atoms with E-state index in [1.807, 2.05) is 24.3 Å². The molecule has 0 spiro atoms. The second-order valence-electron chi connectivity index (χ2n) is 5.23. The van der Waals surface area contributed by atoms with Crippen molar-refractivity contribution >= 4 is 11.6 Å². The van der Waals surface area contributed by atoms with Crippen LogP contribution in [0.5, 0.6) is 5.75 Å². The predicted molar refractivity (Wildman–Crippen MR) is 86.8 cm³/mol. The molecule has 2 N–H and O–H groups in total. The summed E-state index contributed by atoms with van der Waals surface area (Å²) in [6.07, 6.45) is 4.12. The van der Waals surface area contributed by atoms with Crippen molar-refractivity contribution in [3.8, 4) is 5.75 Å². The van der Waals surface area contributed by atoms with E-state index in [1.165, 1.54) is 6.20 Å². The summed E-state index contributed by atoms with van der Waals surface area (Å²) >= 11 is 0. The summed E-state index contributed by atoms with van der Waals surface area (Å²) in [5, 5.41) is 10.5. The van der Waals surface area contributed by atoms with Crippen molar-refractivity contribution in [3.05, 3.63) is 58.4 Å². The molecule has 0 aliphatic heterocycles. The van der Waals surface area contributed by atoms with Crippen molar-refractivity contribution in [2.75, 3.05) is 7.11 Å². The number of methoxy groups -OCH3 is 1. The Morgan fingerprint density at radius 3 is 3.08 bits per heavy atom. The second-order valence-corrected chi connectivity index (χ2v) is 5.23. The molecule has 8 nitrogen and oxygen atoms in total. The van der Waals surface area contributed by atoms with Crippen LogP contribution in [0.25, 0.3) is 5.65 Å². The van der Waals surface area contributed by atoms with Crippen molar-refractivity contribution in [2.45, 2.75) is 19.4 Å². The van der Waals surface area contributed by atoms with Gasteiger partial charge in [-0.2, -0.15) is 0 Å². The molecule has 124 valence electrons. The first kappa shape index (κ1) is 15.7. The molecule has 0 saturated carbocycles. The van der Waals surface area contributed by atoms with Crippen molar-refractivity contribution in [3.63, 3.8) is 0 Å². The highest BCUT2D eigenvalue weighted by atomic mass is 16.5. The molecular formula is C16H17N5O3. The third-order valence-electron chi connectivity index (χ3n) is 3.63. The van der Waals surface area contributed by atoms with Gasteiger partial charge in [0.05, 0.1) is 13.7 Å². The Kier molecular flexibility index (Phi) is 4.55. The van der Waals surface area contributed by atoms with Crippen LogP contribution in [0.2, 0.25) is 0 Å². The van der Waals surface area contributed by atoms with Gasteiger partial charge in [-0.3, -0.25) is 14.0 Å². The lowest BCUT2D eigenvalue weighted by molar-refractivity contribution is -0.121. The van der Waals surface area contributed by atoms with Gasteiger partial charge >= 0.3 is 0 Å². The summed E-state index contributed by atoms with van der Waals surface area (Å²) in [6.45, 7) is 0.210. The molecule has 0 aliphatic carbocycles. The molecule has 0 radical (unpaired) electrons. The fraction of sp³-hybridized carbons (Fsp3) is 0.250. The van der Waals surface area contributed by atoms with Gasteiger partial charge in [0.15, 0.2) is 5.82 Å². The van der Waals surface area contributed by atoms with Gasteiger partial charge < -0.3 is 15.0 Å². The summed E-state index contributed by atoms with van der Waals surface area (Å²) in [5.74, 6) is 1.18. The van der Waals surface area contributed by atoms with Crippen LogP contribution in [-0.2, 0) is 17.8 Å². The number of aryl methyl sites for hydroxylation is 1. The largest absolute Gasteiger partial charge is 0.497 e. The average Bonchev–Trinajstić information content (AvgIpc) is 3.03. The van der Waals surface area contributed by atoms with Crippen LogP contribution in [0.1, 0.15) is 17.8 Å². The molecule has 0 bridgehead atoms. The van der Waals surface area contributed by atoms with E-state index in [-0.39, 0.29) is 23.7 Å². The van der Waals surface area contributed by atoms with Gasteiger partial charge in [-0.05, 0) is 24.1 Å². The van der Waals surface area contributed by atoms with Gasteiger partial charge in [0, 0.05) is 18.8 Å². The van der Waals surface area contributed by atoms with Gasteiger partial charge in [-0.15, -0.1) is 10.2 Å². The molecule has 0 fully saturated rings. The lowest BCUT2D eigenvalue weighted by Gasteiger charge is -2.06. The lowest BCUT2D eigenvalue weighted by Crippen LogP contribution is -2.24. The molecule has 1 amide bonds. The summed E-state index contributed by atoms with van der Waals surface area (Å²) < 4.78 is 6.72. The predicted octanol–water partition coefficient (Wildman–Crippen LogP) is 0.675. The molecule has 0 atom stereocenters. The smallest absolute Gasteiger partial charge is 0.293 e. The molecule has 1 aromatic carbocycles. The van der Waals surface area contributed by atoms with Gasteiger partial charge in [0.2, 0.25) is 11.6 Å². The number of amides is 1. The molecule has 2 aromatic heterocycles. The van der Waals surface area contributed by atoms with Crippen LogP contribution >= 0.6 is 0 Å². The number of carbonyl (C=O) groups excluding carboxylic acids is 1. The Balaban J connectivity index is 1.57. The highest BCUT2D eigenvalue weighted by Crippen LogP contribution is 2.13. The van der Waals surface area contributed by atoms with E-state index >= 15 is 0 Å².